The molecule has 1 aromatic carbocycles. The molecule has 2 heterocycles. The molecular weight excluding hydrogens is 452 g/mol. The number of hydrogen-bond donors (Lipinski definition) is 2. The third kappa shape index (κ3) is 5.43. The molecular formula is C18H27FIN3O3. The SMILES string of the molecule is CCNC(=NCc1ccc(O)c(F)c1)N1CCOC(C2CCCO2)C1.I. The van der Waals surface area contributed by atoms with E-state index in [1.807, 2.05) is 6.92 Å². The Morgan fingerprint density at radius 1 is 1.35 bits per heavy atom. The number of phenols is 1. The summed E-state index contributed by atoms with van der Waals surface area (Å²) >= 11 is 0. The van der Waals surface area contributed by atoms with Crippen LogP contribution in [0.4, 0.5) is 4.39 Å². The van der Waals surface area contributed by atoms with Gasteiger partial charge in [-0.3, -0.25) is 0 Å². The van der Waals surface area contributed by atoms with Gasteiger partial charge in [0.25, 0.3) is 0 Å². The minimum absolute atomic E-state index is 0. The lowest BCUT2D eigenvalue weighted by Gasteiger charge is -2.37. The highest BCUT2D eigenvalue weighted by Crippen LogP contribution is 2.21. The lowest BCUT2D eigenvalue weighted by Crippen LogP contribution is -2.53. The molecule has 0 bridgehead atoms. The molecule has 0 spiro atoms. The second kappa shape index (κ2) is 10.3. The summed E-state index contributed by atoms with van der Waals surface area (Å²) in [5.41, 5.74) is 0.717. The third-order valence-corrected chi connectivity index (χ3v) is 4.53. The summed E-state index contributed by atoms with van der Waals surface area (Å²) in [6.07, 6.45) is 2.35. The Labute approximate surface area is 170 Å². The molecule has 0 radical (unpaired) electrons. The van der Waals surface area contributed by atoms with Crippen LogP contribution in [0.3, 0.4) is 0 Å². The molecule has 2 aliphatic rings. The second-order valence-corrected chi connectivity index (χ2v) is 6.36. The van der Waals surface area contributed by atoms with Crippen molar-refractivity contribution in [1.82, 2.24) is 10.2 Å². The van der Waals surface area contributed by atoms with E-state index in [0.717, 1.165) is 50.6 Å². The van der Waals surface area contributed by atoms with E-state index in [0.29, 0.717) is 13.2 Å². The van der Waals surface area contributed by atoms with Crippen molar-refractivity contribution in [2.24, 2.45) is 4.99 Å². The van der Waals surface area contributed by atoms with Crippen molar-refractivity contribution in [1.29, 1.82) is 0 Å². The Bertz CT molecular complexity index is 611. The highest BCUT2D eigenvalue weighted by Gasteiger charge is 2.32. The highest BCUT2D eigenvalue weighted by atomic mass is 127. The molecule has 2 atom stereocenters. The monoisotopic (exact) mass is 479 g/mol. The van der Waals surface area contributed by atoms with Gasteiger partial charge in [-0.25, -0.2) is 9.38 Å². The average molecular weight is 479 g/mol. The maximum atomic E-state index is 13.5. The van der Waals surface area contributed by atoms with Gasteiger partial charge in [0.1, 0.15) is 6.10 Å². The summed E-state index contributed by atoms with van der Waals surface area (Å²) in [5.74, 6) is -0.169. The van der Waals surface area contributed by atoms with Gasteiger partial charge < -0.3 is 24.8 Å². The van der Waals surface area contributed by atoms with E-state index < -0.39 is 5.82 Å². The summed E-state index contributed by atoms with van der Waals surface area (Å²) in [6.45, 7) is 6.08. The second-order valence-electron chi connectivity index (χ2n) is 6.36. The third-order valence-electron chi connectivity index (χ3n) is 4.53. The van der Waals surface area contributed by atoms with Gasteiger partial charge >= 0.3 is 0 Å². The van der Waals surface area contributed by atoms with Gasteiger partial charge in [0.2, 0.25) is 0 Å². The molecule has 146 valence electrons. The van der Waals surface area contributed by atoms with Gasteiger partial charge in [0.05, 0.1) is 19.3 Å². The molecule has 1 aromatic rings. The molecule has 2 N–H and O–H groups in total. The number of aromatic hydroxyl groups is 1. The van der Waals surface area contributed by atoms with Crippen LogP contribution in [-0.2, 0) is 16.0 Å². The zero-order valence-electron chi connectivity index (χ0n) is 15.0. The number of hydrogen-bond acceptors (Lipinski definition) is 4. The van der Waals surface area contributed by atoms with Crippen LogP contribution < -0.4 is 5.32 Å². The Hall–Kier alpha value is -1.13. The fraction of sp³-hybridized carbons (Fsp3) is 0.611. The van der Waals surface area contributed by atoms with Crippen molar-refractivity contribution < 1.29 is 19.0 Å². The quantitative estimate of drug-likeness (QED) is 0.395. The first-order chi connectivity index (χ1) is 12.2. The van der Waals surface area contributed by atoms with Crippen molar-refractivity contribution in [3.05, 3.63) is 29.6 Å². The first-order valence-electron chi connectivity index (χ1n) is 8.91. The van der Waals surface area contributed by atoms with Gasteiger partial charge in [-0.15, -0.1) is 24.0 Å². The van der Waals surface area contributed by atoms with Gasteiger partial charge in [0, 0.05) is 26.2 Å². The number of halogens is 2. The molecule has 2 aliphatic heterocycles. The molecule has 2 unspecified atom stereocenters. The highest BCUT2D eigenvalue weighted by molar-refractivity contribution is 14.0. The predicted octanol–water partition coefficient (Wildman–Crippen LogP) is 2.49. The normalized spacial score (nSPS) is 23.6. The van der Waals surface area contributed by atoms with E-state index >= 15 is 0 Å². The number of ether oxygens (including phenoxy) is 2. The molecule has 6 nitrogen and oxygen atoms in total. The smallest absolute Gasteiger partial charge is 0.194 e. The number of phenolic OH excluding ortho intramolecular Hbond substituents is 1. The van der Waals surface area contributed by atoms with Crippen LogP contribution in [-0.4, -0.2) is 61.0 Å². The van der Waals surface area contributed by atoms with Crippen LogP contribution in [0.2, 0.25) is 0 Å². The summed E-state index contributed by atoms with van der Waals surface area (Å²) in [6, 6.07) is 4.35. The van der Waals surface area contributed by atoms with Crippen LogP contribution >= 0.6 is 24.0 Å². The Kier molecular flexibility index (Phi) is 8.36. The van der Waals surface area contributed by atoms with Crippen molar-refractivity contribution in [2.75, 3.05) is 32.8 Å². The van der Waals surface area contributed by atoms with Gasteiger partial charge in [-0.2, -0.15) is 0 Å². The number of morpholine rings is 1. The lowest BCUT2D eigenvalue weighted by atomic mass is 10.1. The van der Waals surface area contributed by atoms with Crippen LogP contribution in [0, 0.1) is 5.82 Å². The molecule has 3 rings (SSSR count). The van der Waals surface area contributed by atoms with E-state index in [9.17, 15) is 9.50 Å². The topological polar surface area (TPSA) is 66.3 Å². The number of nitrogens with one attached hydrogen (secondary N) is 1. The minimum Gasteiger partial charge on any atom is -0.505 e. The van der Waals surface area contributed by atoms with E-state index in [-0.39, 0.29) is 41.9 Å². The number of guanidine groups is 1. The summed E-state index contributed by atoms with van der Waals surface area (Å²) in [7, 11) is 0. The molecule has 8 heteroatoms. The summed E-state index contributed by atoms with van der Waals surface area (Å²) in [4.78, 5) is 6.80. The van der Waals surface area contributed by atoms with Gasteiger partial charge in [-0.05, 0) is 37.5 Å². The number of benzene rings is 1. The van der Waals surface area contributed by atoms with Crippen LogP contribution in [0.1, 0.15) is 25.3 Å². The zero-order valence-corrected chi connectivity index (χ0v) is 17.3. The Balaban J connectivity index is 0.00000243. The maximum Gasteiger partial charge on any atom is 0.194 e. The molecule has 2 saturated heterocycles. The Morgan fingerprint density at radius 2 is 2.15 bits per heavy atom. The van der Waals surface area contributed by atoms with Crippen molar-refractivity contribution in [2.45, 2.75) is 38.5 Å². The molecule has 2 fully saturated rings. The fourth-order valence-electron chi connectivity index (χ4n) is 3.23. The van der Waals surface area contributed by atoms with E-state index in [4.69, 9.17) is 9.47 Å². The average Bonchev–Trinajstić information content (AvgIpc) is 3.16. The number of nitrogens with zero attached hydrogens (tertiary/aromatic N) is 2. The molecule has 0 aromatic heterocycles. The van der Waals surface area contributed by atoms with E-state index in [1.165, 1.54) is 12.1 Å². The van der Waals surface area contributed by atoms with E-state index in [1.54, 1.807) is 6.07 Å². The standard InChI is InChI=1S/C18H26FN3O3.HI/c1-2-20-18(21-11-13-5-6-15(23)14(19)10-13)22-7-9-25-17(12-22)16-4-3-8-24-16;/h5-6,10,16-17,23H,2-4,7-9,11-12H2,1H3,(H,20,21);1H. The first-order valence-corrected chi connectivity index (χ1v) is 8.91. The number of rotatable bonds is 4. The largest absolute Gasteiger partial charge is 0.505 e. The van der Waals surface area contributed by atoms with Crippen molar-refractivity contribution >= 4 is 29.9 Å². The molecule has 0 aliphatic carbocycles. The zero-order chi connectivity index (χ0) is 17.6. The number of aliphatic imine (C=N–C) groups is 1. The maximum absolute atomic E-state index is 13.5. The predicted molar refractivity (Wildman–Crippen MR) is 109 cm³/mol. The molecule has 0 saturated carbocycles. The van der Waals surface area contributed by atoms with Crippen molar-refractivity contribution in [3.63, 3.8) is 0 Å². The summed E-state index contributed by atoms with van der Waals surface area (Å²) < 4.78 is 25.1. The van der Waals surface area contributed by atoms with Gasteiger partial charge in [-0.1, -0.05) is 6.07 Å². The molecule has 26 heavy (non-hydrogen) atoms. The van der Waals surface area contributed by atoms with Crippen LogP contribution in [0.15, 0.2) is 23.2 Å². The van der Waals surface area contributed by atoms with Crippen LogP contribution in [0.5, 0.6) is 5.75 Å². The summed E-state index contributed by atoms with van der Waals surface area (Å²) in [5, 5.41) is 12.6. The molecule has 0 amide bonds. The minimum atomic E-state index is -0.623. The van der Waals surface area contributed by atoms with Crippen LogP contribution in [0.25, 0.3) is 0 Å². The Morgan fingerprint density at radius 3 is 2.85 bits per heavy atom. The van der Waals surface area contributed by atoms with Gasteiger partial charge in [0.15, 0.2) is 17.5 Å². The fourth-order valence-corrected chi connectivity index (χ4v) is 3.23. The van der Waals surface area contributed by atoms with E-state index in [2.05, 4.69) is 15.2 Å². The first kappa shape index (κ1) is 21.2. The van der Waals surface area contributed by atoms with Crippen molar-refractivity contribution in [3.8, 4) is 5.75 Å². The lowest BCUT2D eigenvalue weighted by molar-refractivity contribution is -0.0817.